The van der Waals surface area contributed by atoms with Crippen LogP contribution in [0.2, 0.25) is 0 Å². The molecule has 0 amide bonds. The van der Waals surface area contributed by atoms with Crippen LogP contribution in [0.25, 0.3) is 0 Å². The summed E-state index contributed by atoms with van der Waals surface area (Å²) in [6, 6.07) is 14.6. The normalized spacial score (nSPS) is 19.9. The van der Waals surface area contributed by atoms with Gasteiger partial charge in [0.1, 0.15) is 5.76 Å². The van der Waals surface area contributed by atoms with Gasteiger partial charge in [-0.1, -0.05) is 18.2 Å². The van der Waals surface area contributed by atoms with E-state index in [9.17, 15) is 0 Å². The Bertz CT molecular complexity index is 725. The Labute approximate surface area is 190 Å². The van der Waals surface area contributed by atoms with Gasteiger partial charge >= 0.3 is 0 Å². The lowest BCUT2D eigenvalue weighted by molar-refractivity contribution is 0.117. The maximum absolute atomic E-state index is 5.75. The van der Waals surface area contributed by atoms with Crippen LogP contribution in [0.3, 0.4) is 0 Å². The third kappa shape index (κ3) is 6.37. The molecule has 2 fully saturated rings. The molecule has 1 N–H and O–H groups in total. The van der Waals surface area contributed by atoms with Crippen LogP contribution in [0.1, 0.15) is 18.6 Å². The van der Waals surface area contributed by atoms with Crippen molar-refractivity contribution in [2.75, 3.05) is 50.8 Å². The molecule has 0 spiro atoms. The predicted octanol–water partition coefficient (Wildman–Crippen LogP) is 3.39. The molecular formula is C22H31IN4O2. The Hall–Kier alpha value is -1.74. The first-order valence-electron chi connectivity index (χ1n) is 10.4. The number of aliphatic imine (C=N–C) groups is 1. The number of furan rings is 1. The topological polar surface area (TPSA) is 53.2 Å². The number of rotatable bonds is 6. The average Bonchev–Trinajstić information content (AvgIpc) is 3.46. The van der Waals surface area contributed by atoms with Crippen LogP contribution in [0, 0.1) is 0 Å². The van der Waals surface area contributed by atoms with E-state index in [-0.39, 0.29) is 30.1 Å². The van der Waals surface area contributed by atoms with Crippen LogP contribution in [0.15, 0.2) is 58.1 Å². The number of para-hydroxylation sites is 1. The minimum absolute atomic E-state index is 0. The molecule has 0 radical (unpaired) electrons. The number of hydrogen-bond donors (Lipinski definition) is 1. The molecule has 2 aliphatic heterocycles. The summed E-state index contributed by atoms with van der Waals surface area (Å²) in [6.45, 7) is 6.36. The second-order valence-electron chi connectivity index (χ2n) is 7.37. The quantitative estimate of drug-likeness (QED) is 0.367. The van der Waals surface area contributed by atoms with Crippen molar-refractivity contribution in [3.8, 4) is 0 Å². The van der Waals surface area contributed by atoms with Crippen molar-refractivity contribution >= 4 is 35.6 Å². The summed E-state index contributed by atoms with van der Waals surface area (Å²) in [6.07, 6.45) is 5.12. The zero-order valence-corrected chi connectivity index (χ0v) is 19.2. The highest BCUT2D eigenvalue weighted by Crippen LogP contribution is 2.16. The average molecular weight is 510 g/mol. The van der Waals surface area contributed by atoms with Gasteiger partial charge in [0.25, 0.3) is 0 Å². The summed E-state index contributed by atoms with van der Waals surface area (Å²) >= 11 is 0. The van der Waals surface area contributed by atoms with Gasteiger partial charge in [0.2, 0.25) is 0 Å². The molecule has 1 atom stereocenters. The van der Waals surface area contributed by atoms with E-state index in [0.717, 1.165) is 76.9 Å². The molecule has 3 heterocycles. The molecule has 0 aliphatic carbocycles. The lowest BCUT2D eigenvalue weighted by atomic mass is 10.2. The Morgan fingerprint density at radius 2 is 1.90 bits per heavy atom. The van der Waals surface area contributed by atoms with E-state index in [1.807, 2.05) is 12.1 Å². The van der Waals surface area contributed by atoms with Gasteiger partial charge in [-0.15, -0.1) is 24.0 Å². The van der Waals surface area contributed by atoms with Gasteiger partial charge in [-0.2, -0.15) is 0 Å². The molecule has 7 heteroatoms. The number of hydrogen-bond acceptors (Lipinski definition) is 4. The van der Waals surface area contributed by atoms with Crippen molar-refractivity contribution in [2.45, 2.75) is 25.4 Å². The molecule has 2 aliphatic rings. The minimum atomic E-state index is 0. The second kappa shape index (κ2) is 11.4. The maximum Gasteiger partial charge on any atom is 0.194 e. The Morgan fingerprint density at radius 3 is 2.59 bits per heavy atom. The zero-order chi connectivity index (χ0) is 19.0. The van der Waals surface area contributed by atoms with Crippen LogP contribution in [0.5, 0.6) is 0 Å². The third-order valence-electron chi connectivity index (χ3n) is 5.40. The highest BCUT2D eigenvalue weighted by Gasteiger charge is 2.21. The molecule has 1 aromatic heterocycles. The zero-order valence-electron chi connectivity index (χ0n) is 16.8. The monoisotopic (exact) mass is 510 g/mol. The van der Waals surface area contributed by atoms with Crippen molar-refractivity contribution in [1.29, 1.82) is 0 Å². The molecule has 4 rings (SSSR count). The first-order chi connectivity index (χ1) is 13.9. The standard InChI is InChI=1S/C22H30N4O2.HI/c1-2-6-19(7-3-1)25-12-14-26(15-13-25)22(24-18-21-9-5-17-28-21)23-11-10-20-8-4-16-27-20;/h1-4,6-8,16,21H,5,9-15,17-18H2,(H,23,24);1H. The number of halogens is 1. The predicted molar refractivity (Wildman–Crippen MR) is 127 cm³/mol. The van der Waals surface area contributed by atoms with E-state index in [1.165, 1.54) is 5.69 Å². The fraction of sp³-hybridized carbons (Fsp3) is 0.500. The molecule has 0 bridgehead atoms. The molecule has 158 valence electrons. The van der Waals surface area contributed by atoms with Gasteiger partial charge in [-0.25, -0.2) is 0 Å². The summed E-state index contributed by atoms with van der Waals surface area (Å²) in [5.74, 6) is 2.00. The van der Waals surface area contributed by atoms with Crippen molar-refractivity contribution in [1.82, 2.24) is 10.2 Å². The van der Waals surface area contributed by atoms with Crippen molar-refractivity contribution in [2.24, 2.45) is 4.99 Å². The van der Waals surface area contributed by atoms with E-state index in [4.69, 9.17) is 14.1 Å². The number of benzene rings is 1. The van der Waals surface area contributed by atoms with Crippen molar-refractivity contribution < 1.29 is 9.15 Å². The number of nitrogens with zero attached hydrogens (tertiary/aromatic N) is 3. The third-order valence-corrected chi connectivity index (χ3v) is 5.40. The summed E-state index contributed by atoms with van der Waals surface area (Å²) in [5, 5.41) is 3.55. The smallest absolute Gasteiger partial charge is 0.194 e. The molecule has 2 aromatic rings. The maximum atomic E-state index is 5.75. The molecule has 1 unspecified atom stereocenters. The summed E-state index contributed by atoms with van der Waals surface area (Å²) < 4.78 is 11.2. The van der Waals surface area contributed by atoms with E-state index in [2.05, 4.69) is 45.4 Å². The Morgan fingerprint density at radius 1 is 1.07 bits per heavy atom. The molecule has 29 heavy (non-hydrogen) atoms. The SMILES string of the molecule is I.c1ccc(N2CCN(C(=NCC3CCCO3)NCCc3ccco3)CC2)cc1. The highest BCUT2D eigenvalue weighted by atomic mass is 127. The first kappa shape index (κ1) is 22.0. The van der Waals surface area contributed by atoms with Crippen LogP contribution in [0.4, 0.5) is 5.69 Å². The minimum Gasteiger partial charge on any atom is -0.469 e. The lowest BCUT2D eigenvalue weighted by Gasteiger charge is -2.37. The second-order valence-corrected chi connectivity index (χ2v) is 7.37. The van der Waals surface area contributed by atoms with E-state index < -0.39 is 0 Å². The summed E-state index contributed by atoms with van der Waals surface area (Å²) in [4.78, 5) is 9.72. The summed E-state index contributed by atoms with van der Waals surface area (Å²) in [7, 11) is 0. The molecule has 0 saturated carbocycles. The fourth-order valence-electron chi connectivity index (χ4n) is 3.81. The number of piperazine rings is 1. The lowest BCUT2D eigenvalue weighted by Crippen LogP contribution is -2.53. The molecule has 1 aromatic carbocycles. The van der Waals surface area contributed by atoms with E-state index >= 15 is 0 Å². The van der Waals surface area contributed by atoms with Gasteiger partial charge in [0.05, 0.1) is 18.9 Å². The van der Waals surface area contributed by atoms with Crippen LogP contribution in [-0.4, -0.2) is 62.8 Å². The van der Waals surface area contributed by atoms with Gasteiger partial charge < -0.3 is 24.3 Å². The van der Waals surface area contributed by atoms with Crippen molar-refractivity contribution in [3.63, 3.8) is 0 Å². The first-order valence-corrected chi connectivity index (χ1v) is 10.4. The van der Waals surface area contributed by atoms with Crippen molar-refractivity contribution in [3.05, 3.63) is 54.5 Å². The summed E-state index contributed by atoms with van der Waals surface area (Å²) in [5.41, 5.74) is 1.30. The largest absolute Gasteiger partial charge is 0.469 e. The molecule has 6 nitrogen and oxygen atoms in total. The highest BCUT2D eigenvalue weighted by molar-refractivity contribution is 14.0. The van der Waals surface area contributed by atoms with E-state index in [1.54, 1.807) is 6.26 Å². The molecule has 2 saturated heterocycles. The fourth-order valence-corrected chi connectivity index (χ4v) is 3.81. The number of guanidine groups is 1. The van der Waals surface area contributed by atoms with Crippen LogP contribution >= 0.6 is 24.0 Å². The van der Waals surface area contributed by atoms with Crippen LogP contribution < -0.4 is 10.2 Å². The number of ether oxygens (including phenoxy) is 1. The van der Waals surface area contributed by atoms with Gasteiger partial charge in [0.15, 0.2) is 5.96 Å². The van der Waals surface area contributed by atoms with Gasteiger partial charge in [0, 0.05) is 51.4 Å². The Balaban J connectivity index is 0.00000240. The number of nitrogens with one attached hydrogen (secondary N) is 1. The van der Waals surface area contributed by atoms with Crippen LogP contribution in [-0.2, 0) is 11.2 Å². The Kier molecular flexibility index (Phi) is 8.67. The van der Waals surface area contributed by atoms with E-state index in [0.29, 0.717) is 0 Å². The van der Waals surface area contributed by atoms with Gasteiger partial charge in [-0.3, -0.25) is 4.99 Å². The number of anilines is 1. The molecular weight excluding hydrogens is 479 g/mol. The van der Waals surface area contributed by atoms with Gasteiger partial charge in [-0.05, 0) is 37.1 Å².